The van der Waals surface area contributed by atoms with Crippen molar-refractivity contribution >= 4 is 16.9 Å². The molecule has 0 spiro atoms. The summed E-state index contributed by atoms with van der Waals surface area (Å²) in [5.41, 5.74) is 2.78. The minimum absolute atomic E-state index is 0.252. The maximum absolute atomic E-state index is 11.0. The molecule has 1 fully saturated rings. The van der Waals surface area contributed by atoms with E-state index in [-0.39, 0.29) is 5.92 Å². The quantitative estimate of drug-likeness (QED) is 0.512. The molecular weight excluding hydrogens is 382 g/mol. The highest BCUT2D eigenvalue weighted by Gasteiger charge is 2.32. The van der Waals surface area contributed by atoms with Gasteiger partial charge in [0.25, 0.3) is 0 Å². The Morgan fingerprint density at radius 3 is 2.77 bits per heavy atom. The van der Waals surface area contributed by atoms with Gasteiger partial charge in [-0.05, 0) is 48.4 Å². The fraction of sp³-hybridized carbons (Fsp3) is 0.375. The highest BCUT2D eigenvalue weighted by atomic mass is 16.5. The summed E-state index contributed by atoms with van der Waals surface area (Å²) in [6.07, 6.45) is 2.14. The molecule has 1 aromatic heterocycles. The lowest BCUT2D eigenvalue weighted by Gasteiger charge is -2.36. The van der Waals surface area contributed by atoms with Gasteiger partial charge in [0.2, 0.25) is 0 Å². The highest BCUT2D eigenvalue weighted by Crippen LogP contribution is 2.36. The number of methoxy groups -OCH3 is 1. The van der Waals surface area contributed by atoms with Gasteiger partial charge in [0.15, 0.2) is 0 Å². The Morgan fingerprint density at radius 2 is 2.03 bits per heavy atom. The molecule has 0 radical (unpaired) electrons. The van der Waals surface area contributed by atoms with Gasteiger partial charge >= 0.3 is 5.97 Å². The molecular formula is C24H27NO5. The summed E-state index contributed by atoms with van der Waals surface area (Å²) in [4.78, 5) is 13.1. The highest BCUT2D eigenvalue weighted by molar-refractivity contribution is 5.85. The third-order valence-electron chi connectivity index (χ3n) is 5.50. The number of hydrogen-bond acceptors (Lipinski definition) is 5. The first-order valence-electron chi connectivity index (χ1n) is 10.4. The summed E-state index contributed by atoms with van der Waals surface area (Å²) in [5, 5.41) is 10.0. The third kappa shape index (κ3) is 4.28. The van der Waals surface area contributed by atoms with E-state index in [0.29, 0.717) is 26.2 Å². The minimum atomic E-state index is -0.719. The lowest BCUT2D eigenvalue weighted by Crippen LogP contribution is -2.49. The first-order chi connectivity index (χ1) is 14.6. The number of fused-ring (bicyclic) bond motifs is 1. The van der Waals surface area contributed by atoms with Crippen LogP contribution >= 0.6 is 0 Å². The van der Waals surface area contributed by atoms with Crippen molar-refractivity contribution in [1.29, 1.82) is 0 Å². The molecule has 1 N–H and O–H groups in total. The smallest absolute Gasteiger partial charge is 0.309 e. The van der Waals surface area contributed by atoms with Gasteiger partial charge in [0.1, 0.15) is 22.8 Å². The molecule has 0 atom stereocenters. The van der Waals surface area contributed by atoms with Crippen LogP contribution in [0.15, 0.2) is 46.9 Å². The second kappa shape index (κ2) is 8.79. The van der Waals surface area contributed by atoms with Crippen LogP contribution in [0, 0.1) is 5.92 Å². The van der Waals surface area contributed by atoms with Gasteiger partial charge in [0.05, 0.1) is 25.2 Å². The maximum Gasteiger partial charge on any atom is 0.309 e. The van der Waals surface area contributed by atoms with Gasteiger partial charge in [-0.25, -0.2) is 0 Å². The lowest BCUT2D eigenvalue weighted by molar-refractivity contribution is -0.147. The van der Waals surface area contributed by atoms with Crippen LogP contribution in [-0.4, -0.2) is 42.8 Å². The van der Waals surface area contributed by atoms with Crippen molar-refractivity contribution in [2.45, 2.75) is 26.3 Å². The van der Waals surface area contributed by atoms with Crippen LogP contribution in [0.1, 0.15) is 25.3 Å². The molecule has 6 heteroatoms. The van der Waals surface area contributed by atoms with E-state index in [4.69, 9.17) is 19.0 Å². The van der Waals surface area contributed by atoms with Crippen molar-refractivity contribution in [3.8, 4) is 22.8 Å². The first-order valence-corrected chi connectivity index (χ1v) is 10.4. The number of carboxylic acids is 1. The van der Waals surface area contributed by atoms with Crippen molar-refractivity contribution in [3.63, 3.8) is 0 Å². The average molecular weight is 409 g/mol. The molecule has 4 rings (SSSR count). The van der Waals surface area contributed by atoms with Gasteiger partial charge < -0.3 is 19.0 Å². The predicted molar refractivity (Wildman–Crippen MR) is 115 cm³/mol. The Balaban J connectivity index is 1.51. The van der Waals surface area contributed by atoms with E-state index >= 15 is 0 Å². The number of likely N-dealkylation sites (tertiary alicyclic amines) is 1. The summed E-state index contributed by atoms with van der Waals surface area (Å²) in [7, 11) is 1.65. The number of ether oxygens (including phenoxy) is 2. The van der Waals surface area contributed by atoms with Gasteiger partial charge in [-0.15, -0.1) is 0 Å². The molecule has 0 amide bonds. The van der Waals surface area contributed by atoms with Crippen molar-refractivity contribution in [2.75, 3.05) is 26.8 Å². The van der Waals surface area contributed by atoms with Gasteiger partial charge in [-0.1, -0.05) is 19.4 Å². The summed E-state index contributed by atoms with van der Waals surface area (Å²) in [6, 6.07) is 13.9. The summed E-state index contributed by atoms with van der Waals surface area (Å²) in [5.74, 6) is 1.36. The molecule has 0 aliphatic carbocycles. The van der Waals surface area contributed by atoms with E-state index in [9.17, 15) is 4.79 Å². The monoisotopic (exact) mass is 409 g/mol. The molecule has 3 aromatic rings. The number of aliphatic carboxylic acids is 1. The van der Waals surface area contributed by atoms with Crippen LogP contribution in [0.5, 0.6) is 11.5 Å². The molecule has 1 saturated heterocycles. The van der Waals surface area contributed by atoms with Gasteiger partial charge in [-0.3, -0.25) is 9.69 Å². The largest absolute Gasteiger partial charge is 0.496 e. The molecule has 1 aliphatic rings. The molecule has 0 unspecified atom stereocenters. The van der Waals surface area contributed by atoms with Crippen molar-refractivity contribution in [3.05, 3.63) is 48.0 Å². The number of hydrogen-bond donors (Lipinski definition) is 1. The lowest BCUT2D eigenvalue weighted by atomic mass is 9.99. The van der Waals surface area contributed by atoms with Crippen LogP contribution in [0.4, 0.5) is 0 Å². The van der Waals surface area contributed by atoms with Crippen LogP contribution in [0.2, 0.25) is 0 Å². The molecule has 2 heterocycles. The molecule has 2 aromatic carbocycles. The number of benzene rings is 2. The fourth-order valence-electron chi connectivity index (χ4n) is 3.73. The molecule has 0 saturated carbocycles. The SMILES string of the molecule is CCCCOc1ccc2oc(-c3ccc(CN4CC(C(=O)O)C4)cc3OC)cc2c1. The molecule has 0 bridgehead atoms. The summed E-state index contributed by atoms with van der Waals surface area (Å²) >= 11 is 0. The van der Waals surface area contributed by atoms with E-state index in [1.165, 1.54) is 0 Å². The second-order valence-corrected chi connectivity index (χ2v) is 7.78. The van der Waals surface area contributed by atoms with Crippen molar-refractivity contribution in [2.24, 2.45) is 5.92 Å². The molecule has 6 nitrogen and oxygen atoms in total. The van der Waals surface area contributed by atoms with E-state index in [2.05, 4.69) is 11.8 Å². The van der Waals surface area contributed by atoms with Crippen LogP contribution in [0.25, 0.3) is 22.3 Å². The normalized spacial score (nSPS) is 14.6. The number of rotatable bonds is 9. The number of carboxylic acid groups (broad SMARTS) is 1. The maximum atomic E-state index is 11.0. The second-order valence-electron chi connectivity index (χ2n) is 7.78. The molecule has 30 heavy (non-hydrogen) atoms. The number of nitrogens with zero attached hydrogens (tertiary/aromatic N) is 1. The van der Waals surface area contributed by atoms with Crippen molar-refractivity contribution < 1.29 is 23.8 Å². The first kappa shape index (κ1) is 20.3. The number of carbonyl (C=O) groups is 1. The summed E-state index contributed by atoms with van der Waals surface area (Å²) in [6.45, 7) is 4.74. The zero-order valence-corrected chi connectivity index (χ0v) is 17.4. The predicted octanol–water partition coefficient (Wildman–Crippen LogP) is 4.80. The van der Waals surface area contributed by atoms with Crippen LogP contribution in [-0.2, 0) is 11.3 Å². The minimum Gasteiger partial charge on any atom is -0.496 e. The Bertz CT molecular complexity index is 1040. The number of furan rings is 1. The Labute approximate surface area is 176 Å². The zero-order chi connectivity index (χ0) is 21.1. The van der Waals surface area contributed by atoms with Crippen LogP contribution in [0.3, 0.4) is 0 Å². The van der Waals surface area contributed by atoms with E-state index in [1.807, 2.05) is 42.5 Å². The van der Waals surface area contributed by atoms with Crippen molar-refractivity contribution in [1.82, 2.24) is 4.90 Å². The zero-order valence-electron chi connectivity index (χ0n) is 17.4. The number of unbranched alkanes of at least 4 members (excludes halogenated alkanes) is 1. The van der Waals surface area contributed by atoms with Gasteiger partial charge in [0, 0.05) is 25.0 Å². The van der Waals surface area contributed by atoms with Gasteiger partial charge in [-0.2, -0.15) is 0 Å². The topological polar surface area (TPSA) is 72.1 Å². The Hall–Kier alpha value is -2.99. The standard InChI is InChI=1S/C24H27NO5/c1-3-4-9-29-19-6-8-21-17(11-19)12-23(30-21)20-7-5-16(10-22(20)28-2)13-25-14-18(15-25)24(26)27/h5-8,10-12,18H,3-4,9,13-15H2,1-2H3,(H,26,27). The van der Waals surface area contributed by atoms with E-state index in [0.717, 1.165) is 52.2 Å². The third-order valence-corrected chi connectivity index (χ3v) is 5.50. The summed E-state index contributed by atoms with van der Waals surface area (Å²) < 4.78 is 17.5. The Morgan fingerprint density at radius 1 is 1.20 bits per heavy atom. The average Bonchev–Trinajstić information content (AvgIpc) is 3.13. The molecule has 1 aliphatic heterocycles. The van der Waals surface area contributed by atoms with Crippen LogP contribution < -0.4 is 9.47 Å². The van der Waals surface area contributed by atoms with E-state index in [1.54, 1.807) is 7.11 Å². The van der Waals surface area contributed by atoms with E-state index < -0.39 is 5.97 Å². The molecule has 158 valence electrons. The Kier molecular flexibility index (Phi) is 5.95. The fourth-order valence-corrected chi connectivity index (χ4v) is 3.73.